The summed E-state index contributed by atoms with van der Waals surface area (Å²) >= 11 is 0. The van der Waals surface area contributed by atoms with Crippen LogP contribution in [0, 0.1) is 13.8 Å². The number of methoxy groups -OCH3 is 2. The Morgan fingerprint density at radius 3 is 1.83 bits per heavy atom. The lowest BCUT2D eigenvalue weighted by Crippen LogP contribution is -2.40. The Morgan fingerprint density at radius 1 is 0.681 bits per heavy atom. The molecule has 0 bridgehead atoms. The SMILES string of the molecule is COc1ccc(CN2C(=O)C3(CCOC3)c3ccc(C)cc32)cc1.COc1ccc(CN2CC3(CCOC3)c3ccc(C)cc32)cc1. The Balaban J connectivity index is 0.000000150. The number of benzene rings is 4. The lowest BCUT2D eigenvalue weighted by atomic mass is 9.81. The van der Waals surface area contributed by atoms with Crippen molar-refractivity contribution in [2.24, 2.45) is 0 Å². The molecule has 4 heterocycles. The predicted octanol–water partition coefficient (Wildman–Crippen LogP) is 6.89. The number of hydrogen-bond donors (Lipinski definition) is 0. The van der Waals surface area contributed by atoms with E-state index in [1.54, 1.807) is 14.2 Å². The maximum absolute atomic E-state index is 13.2. The van der Waals surface area contributed by atoms with Crippen molar-refractivity contribution >= 4 is 17.3 Å². The zero-order chi connectivity index (χ0) is 32.6. The van der Waals surface area contributed by atoms with E-state index in [2.05, 4.69) is 67.3 Å². The zero-order valence-electron chi connectivity index (χ0n) is 27.9. The van der Waals surface area contributed by atoms with Crippen LogP contribution in [0.1, 0.15) is 46.2 Å². The van der Waals surface area contributed by atoms with E-state index in [0.29, 0.717) is 19.8 Å². The highest BCUT2D eigenvalue weighted by Gasteiger charge is 2.53. The largest absolute Gasteiger partial charge is 0.497 e. The van der Waals surface area contributed by atoms with E-state index in [0.717, 1.165) is 73.0 Å². The van der Waals surface area contributed by atoms with Crippen LogP contribution in [0.15, 0.2) is 84.9 Å². The lowest BCUT2D eigenvalue weighted by Gasteiger charge is -2.24. The summed E-state index contributed by atoms with van der Waals surface area (Å²) in [5.41, 5.74) is 9.58. The van der Waals surface area contributed by atoms with Crippen molar-refractivity contribution in [1.82, 2.24) is 0 Å². The predicted molar refractivity (Wildman–Crippen MR) is 185 cm³/mol. The topological polar surface area (TPSA) is 60.5 Å². The molecule has 0 aliphatic carbocycles. The summed E-state index contributed by atoms with van der Waals surface area (Å²) in [6.07, 6.45) is 1.89. The molecule has 2 fully saturated rings. The van der Waals surface area contributed by atoms with Crippen LogP contribution in [0.2, 0.25) is 0 Å². The molecule has 4 aromatic rings. The first-order chi connectivity index (χ1) is 22.8. The van der Waals surface area contributed by atoms with Gasteiger partial charge in [-0.1, -0.05) is 48.5 Å². The minimum absolute atomic E-state index is 0.163. The number of amides is 1. The molecule has 4 aromatic carbocycles. The van der Waals surface area contributed by atoms with Gasteiger partial charge in [0, 0.05) is 43.1 Å². The molecular formula is C40H44N2O5. The maximum Gasteiger partial charge on any atom is 0.240 e. The number of carbonyl (C=O) groups excluding carboxylic acids is 1. The Labute approximate surface area is 278 Å². The Morgan fingerprint density at radius 2 is 1.26 bits per heavy atom. The number of anilines is 2. The fourth-order valence-electron chi connectivity index (χ4n) is 7.69. The van der Waals surface area contributed by atoms with Gasteiger partial charge in [0.25, 0.3) is 0 Å². The van der Waals surface area contributed by atoms with E-state index in [9.17, 15) is 4.79 Å². The maximum atomic E-state index is 13.2. The molecule has 2 atom stereocenters. The van der Waals surface area contributed by atoms with Gasteiger partial charge in [-0.05, 0) is 96.5 Å². The van der Waals surface area contributed by atoms with Crippen LogP contribution < -0.4 is 19.3 Å². The molecular weight excluding hydrogens is 588 g/mol. The first-order valence-corrected chi connectivity index (χ1v) is 16.5. The standard InChI is InChI=1S/C20H21NO3.C20H23NO2/c1-14-3-8-17-18(11-14)21(19(22)20(17)9-10-24-13-20)12-15-4-6-16(23-2)7-5-15;1-15-3-8-18-19(11-15)21(13-20(18)9-10-23-14-20)12-16-4-6-17(22-2)7-5-16/h3-8,11H,9-10,12-13H2,1-2H3;3-8,11H,9-10,12-14H2,1-2H3. The first-order valence-electron chi connectivity index (χ1n) is 16.5. The fraction of sp³-hybridized carbons (Fsp3) is 0.375. The molecule has 0 saturated carbocycles. The summed E-state index contributed by atoms with van der Waals surface area (Å²) in [5, 5.41) is 0. The van der Waals surface area contributed by atoms with Gasteiger partial charge in [0.2, 0.25) is 5.91 Å². The third-order valence-electron chi connectivity index (χ3n) is 10.3. The smallest absolute Gasteiger partial charge is 0.240 e. The molecule has 7 nitrogen and oxygen atoms in total. The van der Waals surface area contributed by atoms with E-state index >= 15 is 0 Å². The summed E-state index contributed by atoms with van der Waals surface area (Å²) in [6.45, 7) is 9.65. The molecule has 244 valence electrons. The van der Waals surface area contributed by atoms with Crippen LogP contribution in [-0.2, 0) is 38.2 Å². The van der Waals surface area contributed by atoms with Gasteiger partial charge in [-0.25, -0.2) is 0 Å². The van der Waals surface area contributed by atoms with Gasteiger partial charge in [0.1, 0.15) is 16.9 Å². The molecule has 4 aliphatic rings. The van der Waals surface area contributed by atoms with E-state index in [4.69, 9.17) is 18.9 Å². The van der Waals surface area contributed by atoms with Crippen molar-refractivity contribution in [3.63, 3.8) is 0 Å². The number of carbonyl (C=O) groups is 1. The summed E-state index contributed by atoms with van der Waals surface area (Å²) in [4.78, 5) is 17.7. The fourth-order valence-corrected chi connectivity index (χ4v) is 7.69. The quantitative estimate of drug-likeness (QED) is 0.231. The van der Waals surface area contributed by atoms with Crippen LogP contribution in [0.3, 0.4) is 0 Å². The van der Waals surface area contributed by atoms with E-state index in [-0.39, 0.29) is 11.3 Å². The normalized spacial score (nSPS) is 22.4. The molecule has 8 rings (SSSR count). The monoisotopic (exact) mass is 632 g/mol. The number of rotatable bonds is 6. The molecule has 47 heavy (non-hydrogen) atoms. The van der Waals surface area contributed by atoms with Gasteiger partial charge in [-0.3, -0.25) is 4.79 Å². The molecule has 0 radical (unpaired) electrons. The van der Waals surface area contributed by atoms with Crippen molar-refractivity contribution in [3.05, 3.63) is 118 Å². The Kier molecular flexibility index (Phi) is 8.45. The number of fused-ring (bicyclic) bond motifs is 4. The van der Waals surface area contributed by atoms with Crippen molar-refractivity contribution in [2.75, 3.05) is 57.0 Å². The van der Waals surface area contributed by atoms with Crippen molar-refractivity contribution in [1.29, 1.82) is 0 Å². The van der Waals surface area contributed by atoms with Gasteiger partial charge >= 0.3 is 0 Å². The lowest BCUT2D eigenvalue weighted by molar-refractivity contribution is -0.123. The number of aryl methyl sites for hydroxylation is 2. The second-order valence-electron chi connectivity index (χ2n) is 13.5. The highest BCUT2D eigenvalue weighted by molar-refractivity contribution is 6.08. The zero-order valence-corrected chi connectivity index (χ0v) is 27.9. The Bertz CT molecular complexity index is 1740. The second kappa shape index (κ2) is 12.7. The van der Waals surface area contributed by atoms with Crippen LogP contribution >= 0.6 is 0 Å². The van der Waals surface area contributed by atoms with Gasteiger partial charge in [-0.2, -0.15) is 0 Å². The summed E-state index contributed by atoms with van der Waals surface area (Å²) < 4.78 is 21.8. The van der Waals surface area contributed by atoms with Crippen molar-refractivity contribution in [2.45, 2.75) is 50.6 Å². The molecule has 2 saturated heterocycles. The summed E-state index contributed by atoms with van der Waals surface area (Å²) in [7, 11) is 3.36. The third-order valence-corrected chi connectivity index (χ3v) is 10.3. The minimum atomic E-state index is -0.491. The average Bonchev–Trinajstić information content (AvgIpc) is 3.88. The van der Waals surface area contributed by atoms with Crippen LogP contribution in [0.4, 0.5) is 11.4 Å². The van der Waals surface area contributed by atoms with Crippen molar-refractivity contribution in [3.8, 4) is 11.5 Å². The summed E-state index contributed by atoms with van der Waals surface area (Å²) in [6, 6.07) is 29.5. The molecule has 1 amide bonds. The summed E-state index contributed by atoms with van der Waals surface area (Å²) in [5.74, 6) is 1.90. The molecule has 0 N–H and O–H groups in total. The van der Waals surface area contributed by atoms with Crippen LogP contribution in [0.25, 0.3) is 0 Å². The number of nitrogens with zero attached hydrogens (tertiary/aromatic N) is 2. The average molecular weight is 633 g/mol. The molecule has 7 heteroatoms. The van der Waals surface area contributed by atoms with Crippen molar-refractivity contribution < 1.29 is 23.7 Å². The third kappa shape index (κ3) is 5.76. The molecule has 2 spiro atoms. The van der Waals surface area contributed by atoms with E-state index in [1.165, 1.54) is 22.4 Å². The van der Waals surface area contributed by atoms with E-state index in [1.807, 2.05) is 41.3 Å². The highest BCUT2D eigenvalue weighted by atomic mass is 16.5. The molecule has 0 aromatic heterocycles. The first kappa shape index (κ1) is 31.3. The molecule has 4 aliphatic heterocycles. The molecule has 2 unspecified atom stereocenters. The second-order valence-corrected chi connectivity index (χ2v) is 13.5. The van der Waals surface area contributed by atoms with Crippen LogP contribution in [0.5, 0.6) is 11.5 Å². The van der Waals surface area contributed by atoms with Crippen LogP contribution in [-0.4, -0.2) is 53.1 Å². The van der Waals surface area contributed by atoms with Gasteiger partial charge < -0.3 is 28.7 Å². The minimum Gasteiger partial charge on any atom is -0.497 e. The van der Waals surface area contributed by atoms with Gasteiger partial charge in [0.05, 0.1) is 34.0 Å². The highest BCUT2D eigenvalue weighted by Crippen LogP contribution is 2.48. The van der Waals surface area contributed by atoms with Gasteiger partial charge in [-0.15, -0.1) is 0 Å². The number of ether oxygens (including phenoxy) is 4. The Hall–Kier alpha value is -4.33. The van der Waals surface area contributed by atoms with E-state index < -0.39 is 5.41 Å². The number of hydrogen-bond acceptors (Lipinski definition) is 6. The van der Waals surface area contributed by atoms with Gasteiger partial charge in [0.15, 0.2) is 0 Å².